The standard InChI is InChI=1S/C16H20N2O6S/c19-7-11-13(20)14(21)15(22)16(24-11)25-12(18-23)5-8-6-17-10-4-2-1-3-9(8)10/h1-4,6,11,13-17,19-23H,5,7H2/b18-12+/t11-,13-,14+,15-,16+/m1/s1/i1D,2D,3D,4D. The highest BCUT2D eigenvalue weighted by molar-refractivity contribution is 8.14. The van der Waals surface area contributed by atoms with Crippen LogP contribution in [0.4, 0.5) is 0 Å². The molecule has 25 heavy (non-hydrogen) atoms. The Morgan fingerprint density at radius 3 is 2.72 bits per heavy atom. The summed E-state index contributed by atoms with van der Waals surface area (Å²) in [5.41, 5.74) is -0.506. The van der Waals surface area contributed by atoms with Gasteiger partial charge in [0.05, 0.1) is 12.1 Å². The van der Waals surface area contributed by atoms with Gasteiger partial charge in [0.25, 0.3) is 0 Å². The van der Waals surface area contributed by atoms with Crippen LogP contribution in [-0.2, 0) is 11.2 Å². The van der Waals surface area contributed by atoms with Gasteiger partial charge in [0.2, 0.25) is 0 Å². The normalized spacial score (nSPS) is 33.0. The number of oxime groups is 1. The van der Waals surface area contributed by atoms with E-state index in [0.29, 0.717) is 5.56 Å². The van der Waals surface area contributed by atoms with E-state index in [1.807, 2.05) is 0 Å². The van der Waals surface area contributed by atoms with Gasteiger partial charge in [-0.1, -0.05) is 35.0 Å². The van der Waals surface area contributed by atoms with E-state index in [9.17, 15) is 25.6 Å². The van der Waals surface area contributed by atoms with Gasteiger partial charge in [0.1, 0.15) is 34.9 Å². The Hall–Kier alpha value is -1.62. The van der Waals surface area contributed by atoms with E-state index in [0.717, 1.165) is 11.8 Å². The predicted molar refractivity (Wildman–Crippen MR) is 92.6 cm³/mol. The topological polar surface area (TPSA) is 139 Å². The van der Waals surface area contributed by atoms with E-state index in [2.05, 4.69) is 10.1 Å². The van der Waals surface area contributed by atoms with Crippen LogP contribution in [0.15, 0.2) is 35.5 Å². The number of aliphatic hydroxyl groups excluding tert-OH is 4. The quantitative estimate of drug-likeness (QED) is 0.193. The van der Waals surface area contributed by atoms with Crippen molar-refractivity contribution in [2.45, 2.75) is 36.3 Å². The minimum Gasteiger partial charge on any atom is -0.410 e. The summed E-state index contributed by atoms with van der Waals surface area (Å²) >= 11 is 0.763. The summed E-state index contributed by atoms with van der Waals surface area (Å²) in [5.74, 6) is 0. The van der Waals surface area contributed by atoms with Crippen molar-refractivity contribution in [1.82, 2.24) is 4.98 Å². The Labute approximate surface area is 153 Å². The molecule has 0 radical (unpaired) electrons. The molecule has 0 aliphatic carbocycles. The van der Waals surface area contributed by atoms with Gasteiger partial charge in [0, 0.05) is 23.5 Å². The molecule has 2 heterocycles. The molecule has 3 rings (SSSR count). The fourth-order valence-corrected chi connectivity index (χ4v) is 3.65. The lowest BCUT2D eigenvalue weighted by Gasteiger charge is -2.39. The van der Waals surface area contributed by atoms with E-state index in [-0.39, 0.29) is 40.5 Å². The highest BCUT2D eigenvalue weighted by Gasteiger charge is 2.44. The molecule has 8 nitrogen and oxygen atoms in total. The molecule has 0 bridgehead atoms. The third kappa shape index (κ3) is 3.66. The van der Waals surface area contributed by atoms with E-state index in [1.54, 1.807) is 0 Å². The lowest BCUT2D eigenvalue weighted by atomic mass is 10.0. The summed E-state index contributed by atoms with van der Waals surface area (Å²) in [4.78, 5) is 2.79. The first kappa shape index (κ1) is 13.6. The molecule has 0 amide bonds. The van der Waals surface area contributed by atoms with Crippen molar-refractivity contribution in [3.8, 4) is 0 Å². The van der Waals surface area contributed by atoms with Gasteiger partial charge in [-0.15, -0.1) is 0 Å². The van der Waals surface area contributed by atoms with Gasteiger partial charge in [-0.25, -0.2) is 0 Å². The molecule has 1 aliphatic heterocycles. The number of thioether (sulfide) groups is 1. The van der Waals surface area contributed by atoms with Crippen LogP contribution in [0.5, 0.6) is 0 Å². The minimum absolute atomic E-state index is 0.0302. The highest BCUT2D eigenvalue weighted by Crippen LogP contribution is 2.31. The Morgan fingerprint density at radius 1 is 1.24 bits per heavy atom. The molecule has 136 valence electrons. The SMILES string of the molecule is [2H]c1c([2H])c([2H])c2c(C/C(=N\O)S[C@@H]3O[C@H](CO)[C@@H](O)[C@H](O)[C@H]3O)c[nH]c2c1[2H]. The molecule has 2 aromatic rings. The van der Waals surface area contributed by atoms with Crippen LogP contribution >= 0.6 is 11.8 Å². The monoisotopic (exact) mass is 372 g/mol. The van der Waals surface area contributed by atoms with Crippen molar-refractivity contribution in [3.05, 3.63) is 35.9 Å². The first-order chi connectivity index (χ1) is 13.7. The maximum Gasteiger partial charge on any atom is 0.138 e. The van der Waals surface area contributed by atoms with Crippen molar-refractivity contribution in [3.63, 3.8) is 0 Å². The summed E-state index contributed by atoms with van der Waals surface area (Å²) in [6.07, 6.45) is -4.29. The molecule has 1 aromatic heterocycles. The third-order valence-corrected chi connectivity index (χ3v) is 5.07. The first-order valence-corrected chi connectivity index (χ1v) is 8.33. The third-order valence-electron chi connectivity index (χ3n) is 3.95. The van der Waals surface area contributed by atoms with Crippen LogP contribution in [0.2, 0.25) is 0 Å². The number of para-hydroxylation sites is 1. The Kier molecular flexibility index (Phi) is 4.19. The molecular weight excluding hydrogens is 348 g/mol. The van der Waals surface area contributed by atoms with Gasteiger partial charge < -0.3 is 35.4 Å². The number of hydrogen-bond acceptors (Lipinski definition) is 8. The van der Waals surface area contributed by atoms with Crippen LogP contribution < -0.4 is 0 Å². The van der Waals surface area contributed by atoms with Crippen molar-refractivity contribution in [1.29, 1.82) is 0 Å². The molecule has 0 unspecified atom stereocenters. The zero-order chi connectivity index (χ0) is 21.5. The van der Waals surface area contributed by atoms with Crippen LogP contribution in [0.3, 0.4) is 0 Å². The fraction of sp³-hybridized carbons (Fsp3) is 0.438. The van der Waals surface area contributed by atoms with Crippen molar-refractivity contribution < 1.29 is 35.9 Å². The van der Waals surface area contributed by atoms with Crippen molar-refractivity contribution >= 4 is 27.7 Å². The molecule has 1 aromatic carbocycles. The Bertz CT molecular complexity index is 940. The lowest BCUT2D eigenvalue weighted by molar-refractivity contribution is -0.205. The Morgan fingerprint density at radius 2 is 2.00 bits per heavy atom. The number of aromatic nitrogens is 1. The molecule has 0 spiro atoms. The molecule has 1 saturated heterocycles. The average Bonchev–Trinajstić information content (AvgIpc) is 3.13. The summed E-state index contributed by atoms with van der Waals surface area (Å²) in [6, 6.07) is -1.24. The summed E-state index contributed by atoms with van der Waals surface area (Å²) in [7, 11) is 0. The molecule has 1 fully saturated rings. The number of hydrogen-bond donors (Lipinski definition) is 6. The average molecular weight is 372 g/mol. The Balaban J connectivity index is 1.86. The first-order valence-electron chi connectivity index (χ1n) is 9.45. The minimum atomic E-state index is -1.57. The van der Waals surface area contributed by atoms with Crippen molar-refractivity contribution in [2.24, 2.45) is 5.16 Å². The van der Waals surface area contributed by atoms with E-state index < -0.39 is 42.5 Å². The summed E-state index contributed by atoms with van der Waals surface area (Å²) < 4.78 is 37.0. The smallest absolute Gasteiger partial charge is 0.138 e. The number of H-pyrrole nitrogens is 1. The zero-order valence-electron chi connectivity index (χ0n) is 16.9. The maximum atomic E-state index is 10.1. The largest absolute Gasteiger partial charge is 0.410 e. The molecule has 0 saturated carbocycles. The molecule has 5 atom stereocenters. The van der Waals surface area contributed by atoms with Crippen LogP contribution in [-0.4, -0.2) is 72.1 Å². The molecule has 9 heteroatoms. The number of ether oxygens (including phenoxy) is 1. The fourth-order valence-electron chi connectivity index (χ4n) is 2.59. The van der Waals surface area contributed by atoms with Gasteiger partial charge in [-0.3, -0.25) is 0 Å². The number of aliphatic hydroxyl groups is 4. The van der Waals surface area contributed by atoms with Gasteiger partial charge in [-0.05, 0) is 11.6 Å². The number of rotatable bonds is 4. The molecular formula is C16H20N2O6S. The maximum absolute atomic E-state index is 10.1. The second kappa shape index (κ2) is 7.73. The van der Waals surface area contributed by atoms with Gasteiger partial charge in [0.15, 0.2) is 0 Å². The summed E-state index contributed by atoms with van der Waals surface area (Å²) in [5, 5.41) is 51.9. The second-order valence-corrected chi connectivity index (χ2v) is 6.72. The predicted octanol–water partition coefficient (Wildman–Crippen LogP) is 0.0312. The number of fused-ring (bicyclic) bond motifs is 1. The lowest BCUT2D eigenvalue weighted by Crippen LogP contribution is -2.57. The zero-order valence-corrected chi connectivity index (χ0v) is 13.7. The van der Waals surface area contributed by atoms with Gasteiger partial charge >= 0.3 is 0 Å². The van der Waals surface area contributed by atoms with Crippen LogP contribution in [0.1, 0.15) is 11.0 Å². The second-order valence-electron chi connectivity index (χ2n) is 5.55. The van der Waals surface area contributed by atoms with Crippen molar-refractivity contribution in [2.75, 3.05) is 6.61 Å². The number of nitrogens with one attached hydrogen (secondary N) is 1. The van der Waals surface area contributed by atoms with E-state index in [4.69, 9.17) is 10.2 Å². The molecule has 1 aliphatic rings. The number of aromatic amines is 1. The van der Waals surface area contributed by atoms with Crippen LogP contribution in [0.25, 0.3) is 10.9 Å². The van der Waals surface area contributed by atoms with Gasteiger partial charge in [-0.2, -0.15) is 0 Å². The van der Waals surface area contributed by atoms with E-state index >= 15 is 0 Å². The number of benzene rings is 1. The summed E-state index contributed by atoms with van der Waals surface area (Å²) in [6.45, 7) is -0.591. The van der Waals surface area contributed by atoms with E-state index in [1.165, 1.54) is 6.20 Å². The highest BCUT2D eigenvalue weighted by atomic mass is 32.2. The van der Waals surface area contributed by atoms with Crippen LogP contribution in [0, 0.1) is 0 Å². The number of nitrogens with zero attached hydrogens (tertiary/aromatic N) is 1. The molecule has 6 N–H and O–H groups in total.